The lowest BCUT2D eigenvalue weighted by atomic mass is 10.1. The minimum absolute atomic E-state index is 0.171. The van der Waals surface area contributed by atoms with Crippen LogP contribution in [0.2, 0.25) is 0 Å². The van der Waals surface area contributed by atoms with Gasteiger partial charge in [-0.25, -0.2) is 0 Å². The maximum Gasteiger partial charge on any atom is 0.303 e. The largest absolute Gasteiger partial charge is 0.481 e. The highest BCUT2D eigenvalue weighted by atomic mass is 16.4. The lowest BCUT2D eigenvalue weighted by Gasteiger charge is -2.23. The monoisotopic (exact) mass is 481 g/mol. The van der Waals surface area contributed by atoms with Crippen molar-refractivity contribution in [2.45, 2.75) is 168 Å². The number of carbonyl (C=O) groups is 2. The topological polar surface area (TPSA) is 57.6 Å². The third-order valence-electron chi connectivity index (χ3n) is 6.95. The van der Waals surface area contributed by atoms with Crippen LogP contribution >= 0.6 is 0 Å². The van der Waals surface area contributed by atoms with Gasteiger partial charge < -0.3 is 10.0 Å². The number of aliphatic carboxylic acids is 1. The van der Waals surface area contributed by atoms with Crippen LogP contribution < -0.4 is 0 Å². The first-order valence-corrected chi connectivity index (χ1v) is 15.1. The molecule has 0 aliphatic carbocycles. The highest BCUT2D eigenvalue weighted by Crippen LogP contribution is 2.14. The summed E-state index contributed by atoms with van der Waals surface area (Å²) in [4.78, 5) is 25.5. The number of nitrogens with zero attached hydrogens (tertiary/aromatic N) is 1. The van der Waals surface area contributed by atoms with E-state index in [-0.39, 0.29) is 12.3 Å². The van der Waals surface area contributed by atoms with Crippen LogP contribution in [0.15, 0.2) is 0 Å². The molecule has 0 aromatic carbocycles. The van der Waals surface area contributed by atoms with Crippen LogP contribution in [0.1, 0.15) is 168 Å². The molecule has 0 bridgehead atoms. The molecular formula is C30H59NO3. The van der Waals surface area contributed by atoms with E-state index in [2.05, 4.69) is 18.7 Å². The molecule has 0 aliphatic heterocycles. The van der Waals surface area contributed by atoms with E-state index in [0.29, 0.717) is 19.3 Å². The predicted octanol–water partition coefficient (Wildman–Crippen LogP) is 9.30. The number of carbonyl (C=O) groups excluding carboxylic acids is 1. The van der Waals surface area contributed by atoms with Crippen molar-refractivity contribution in [3.63, 3.8) is 0 Å². The smallest absolute Gasteiger partial charge is 0.303 e. The Hall–Kier alpha value is -1.06. The van der Waals surface area contributed by atoms with Gasteiger partial charge in [0.25, 0.3) is 0 Å². The molecule has 4 heteroatoms. The van der Waals surface area contributed by atoms with Crippen molar-refractivity contribution in [1.29, 1.82) is 0 Å². The van der Waals surface area contributed by atoms with Crippen molar-refractivity contribution < 1.29 is 14.7 Å². The lowest BCUT2D eigenvalue weighted by Crippen LogP contribution is -2.32. The Kier molecular flexibility index (Phi) is 25.7. The average Bonchev–Trinajstić information content (AvgIpc) is 2.82. The van der Waals surface area contributed by atoms with Crippen molar-refractivity contribution in [3.8, 4) is 0 Å². The van der Waals surface area contributed by atoms with Gasteiger partial charge in [-0.15, -0.1) is 0 Å². The van der Waals surface area contributed by atoms with Gasteiger partial charge in [0, 0.05) is 25.9 Å². The lowest BCUT2D eigenvalue weighted by molar-refractivity contribution is -0.137. The van der Waals surface area contributed by atoms with Crippen LogP contribution in [-0.2, 0) is 9.59 Å². The summed E-state index contributed by atoms with van der Waals surface area (Å²) < 4.78 is 0. The molecule has 0 saturated carbocycles. The molecule has 0 atom stereocenters. The molecule has 0 spiro atoms. The van der Waals surface area contributed by atoms with E-state index < -0.39 is 5.97 Å². The second-order valence-electron chi connectivity index (χ2n) is 10.3. The summed E-state index contributed by atoms with van der Waals surface area (Å²) in [7, 11) is 0. The van der Waals surface area contributed by atoms with Gasteiger partial charge in [0.2, 0.25) is 5.91 Å². The molecule has 0 heterocycles. The minimum atomic E-state index is -0.764. The van der Waals surface area contributed by atoms with E-state index in [1.165, 1.54) is 116 Å². The molecule has 4 nitrogen and oxygen atoms in total. The summed E-state index contributed by atoms with van der Waals surface area (Å²) in [6.45, 7) is 6.29. The molecular weight excluding hydrogens is 422 g/mol. The second-order valence-corrected chi connectivity index (χ2v) is 10.3. The quantitative estimate of drug-likeness (QED) is 0.119. The highest BCUT2D eigenvalue weighted by Gasteiger charge is 2.13. The molecule has 0 rings (SSSR count). The third-order valence-corrected chi connectivity index (χ3v) is 6.95. The van der Waals surface area contributed by atoms with Gasteiger partial charge in [-0.2, -0.15) is 0 Å². The molecule has 0 unspecified atom stereocenters. The Morgan fingerprint density at radius 2 is 0.794 bits per heavy atom. The zero-order chi connectivity index (χ0) is 25.1. The Bertz CT molecular complexity index is 428. The Balaban J connectivity index is 4.01. The molecule has 34 heavy (non-hydrogen) atoms. The number of unbranched alkanes of at least 4 members (excludes halogenated alkanes) is 19. The maximum atomic E-state index is 12.7. The molecule has 0 saturated heterocycles. The number of rotatable bonds is 27. The fraction of sp³-hybridized carbons (Fsp3) is 0.933. The normalized spacial score (nSPS) is 11.1. The van der Waals surface area contributed by atoms with Crippen LogP contribution in [0.25, 0.3) is 0 Å². The number of hydrogen-bond donors (Lipinski definition) is 1. The van der Waals surface area contributed by atoms with E-state index in [1.807, 2.05) is 0 Å². The van der Waals surface area contributed by atoms with Crippen LogP contribution in [0.5, 0.6) is 0 Å². The maximum absolute atomic E-state index is 12.7. The Labute approximate surface area is 212 Å². The summed E-state index contributed by atoms with van der Waals surface area (Å²) >= 11 is 0. The van der Waals surface area contributed by atoms with Gasteiger partial charge in [0.1, 0.15) is 0 Å². The third kappa shape index (κ3) is 24.1. The zero-order valence-corrected chi connectivity index (χ0v) is 23.1. The van der Waals surface area contributed by atoms with E-state index in [1.54, 1.807) is 0 Å². The van der Waals surface area contributed by atoms with Gasteiger partial charge in [0.05, 0.1) is 0 Å². The number of carboxylic acids is 1. The van der Waals surface area contributed by atoms with Crippen LogP contribution in [0.4, 0.5) is 0 Å². The van der Waals surface area contributed by atoms with Gasteiger partial charge >= 0.3 is 5.97 Å². The molecule has 0 aromatic heterocycles. The Morgan fingerprint density at radius 3 is 1.15 bits per heavy atom. The summed E-state index contributed by atoms with van der Waals surface area (Å²) in [5.74, 6) is -0.530. The van der Waals surface area contributed by atoms with Gasteiger partial charge in [-0.3, -0.25) is 9.59 Å². The number of carboxylic acid groups (broad SMARTS) is 1. The Morgan fingerprint density at radius 1 is 0.471 bits per heavy atom. The minimum Gasteiger partial charge on any atom is -0.481 e. The fourth-order valence-electron chi connectivity index (χ4n) is 4.65. The summed E-state index contributed by atoms with van der Waals surface area (Å²) in [6, 6.07) is 0. The van der Waals surface area contributed by atoms with E-state index in [0.717, 1.165) is 25.9 Å². The van der Waals surface area contributed by atoms with E-state index >= 15 is 0 Å². The predicted molar refractivity (Wildman–Crippen MR) is 146 cm³/mol. The van der Waals surface area contributed by atoms with Crippen LogP contribution in [0, 0.1) is 0 Å². The second kappa shape index (κ2) is 26.5. The van der Waals surface area contributed by atoms with Crippen molar-refractivity contribution in [2.24, 2.45) is 0 Å². The van der Waals surface area contributed by atoms with E-state index in [4.69, 9.17) is 5.11 Å². The summed E-state index contributed by atoms with van der Waals surface area (Å²) in [6.07, 6.45) is 28.2. The number of amides is 1. The van der Waals surface area contributed by atoms with Gasteiger partial charge in [0.15, 0.2) is 0 Å². The summed E-state index contributed by atoms with van der Waals surface area (Å²) in [5, 5.41) is 8.81. The van der Waals surface area contributed by atoms with Crippen LogP contribution in [-0.4, -0.2) is 35.0 Å². The van der Waals surface area contributed by atoms with E-state index in [9.17, 15) is 9.59 Å². The number of hydrogen-bond acceptors (Lipinski definition) is 2. The first kappa shape index (κ1) is 32.9. The van der Waals surface area contributed by atoms with Crippen molar-refractivity contribution in [3.05, 3.63) is 0 Å². The first-order chi connectivity index (χ1) is 16.6. The SMILES string of the molecule is CCCCCCCCCCCCN(CCCCCCCCCCCC)C(=O)CCCCC(=O)O. The summed E-state index contributed by atoms with van der Waals surface area (Å²) in [5.41, 5.74) is 0. The molecule has 0 aliphatic rings. The van der Waals surface area contributed by atoms with Crippen molar-refractivity contribution >= 4 is 11.9 Å². The first-order valence-electron chi connectivity index (χ1n) is 15.1. The highest BCUT2D eigenvalue weighted by molar-refractivity contribution is 5.76. The average molecular weight is 482 g/mol. The molecule has 202 valence electrons. The van der Waals surface area contributed by atoms with Crippen molar-refractivity contribution in [1.82, 2.24) is 4.90 Å². The van der Waals surface area contributed by atoms with Gasteiger partial charge in [-0.05, 0) is 25.7 Å². The molecule has 0 fully saturated rings. The standard InChI is InChI=1S/C30H59NO3/c1-3-5-7-9-11-13-15-17-19-23-27-31(29(32)25-21-22-26-30(33)34)28-24-20-18-16-14-12-10-8-6-4-2/h3-28H2,1-2H3,(H,33,34). The zero-order valence-electron chi connectivity index (χ0n) is 23.1. The fourth-order valence-corrected chi connectivity index (χ4v) is 4.65. The van der Waals surface area contributed by atoms with Crippen LogP contribution in [0.3, 0.4) is 0 Å². The molecule has 0 aromatic rings. The molecule has 1 amide bonds. The molecule has 0 radical (unpaired) electrons. The molecule has 1 N–H and O–H groups in total. The van der Waals surface area contributed by atoms with Gasteiger partial charge in [-0.1, -0.05) is 129 Å². The van der Waals surface area contributed by atoms with Crippen molar-refractivity contribution in [2.75, 3.05) is 13.1 Å².